The topological polar surface area (TPSA) is 62.7 Å². The molecule has 0 amide bonds. The van der Waals surface area contributed by atoms with Crippen LogP contribution >= 0.6 is 0 Å². The van der Waals surface area contributed by atoms with E-state index in [1.54, 1.807) is 6.20 Å². The van der Waals surface area contributed by atoms with E-state index in [0.29, 0.717) is 18.3 Å². The highest BCUT2D eigenvalue weighted by molar-refractivity contribution is 5.39. The molecule has 2 aromatic carbocycles. The molecule has 5 heteroatoms. The van der Waals surface area contributed by atoms with Crippen LogP contribution in [0.25, 0.3) is 0 Å². The molecule has 1 unspecified atom stereocenters. The lowest BCUT2D eigenvalue weighted by Crippen LogP contribution is -2.11. The number of aryl methyl sites for hydroxylation is 1. The second-order valence-corrected chi connectivity index (χ2v) is 5.78. The Hall–Kier alpha value is -2.95. The summed E-state index contributed by atoms with van der Waals surface area (Å²) in [6.07, 6.45) is 1.63. The Kier molecular flexibility index (Phi) is 5.01. The summed E-state index contributed by atoms with van der Waals surface area (Å²) in [5.74, 6) is 1.22. The quantitative estimate of drug-likeness (QED) is 0.720. The zero-order valence-electron chi connectivity index (χ0n) is 13.9. The van der Waals surface area contributed by atoms with Gasteiger partial charge < -0.3 is 10.6 Å². The molecule has 0 fully saturated rings. The number of nitrogens with one attached hydrogen (secondary N) is 2. The first-order chi connectivity index (χ1) is 11.7. The maximum Gasteiger partial charge on any atom is 0.245 e. The Morgan fingerprint density at radius 3 is 2.67 bits per heavy atom. The van der Waals surface area contributed by atoms with Gasteiger partial charge in [-0.25, -0.2) is 0 Å². The van der Waals surface area contributed by atoms with Crippen molar-refractivity contribution in [1.29, 1.82) is 0 Å². The molecule has 0 aliphatic rings. The van der Waals surface area contributed by atoms with E-state index in [0.717, 1.165) is 0 Å². The number of anilines is 2. The van der Waals surface area contributed by atoms with Gasteiger partial charge in [-0.2, -0.15) is 10.1 Å². The molecule has 122 valence electrons. The first kappa shape index (κ1) is 15.9. The number of benzene rings is 2. The van der Waals surface area contributed by atoms with E-state index in [4.69, 9.17) is 0 Å². The van der Waals surface area contributed by atoms with Crippen LogP contribution in [0.15, 0.2) is 60.8 Å². The largest absolute Gasteiger partial charge is 0.365 e. The number of rotatable bonds is 6. The molecule has 1 aromatic heterocycles. The molecule has 0 saturated carbocycles. The van der Waals surface area contributed by atoms with Gasteiger partial charge in [-0.1, -0.05) is 60.2 Å². The van der Waals surface area contributed by atoms with Gasteiger partial charge in [0.1, 0.15) is 0 Å². The molecular weight excluding hydrogens is 298 g/mol. The number of aromatic nitrogens is 3. The zero-order chi connectivity index (χ0) is 16.8. The molecule has 5 nitrogen and oxygen atoms in total. The standard InChI is InChI=1S/C19H21N5/c1-14-7-6-8-16(11-14)12-20-18-13-21-24-19(23-18)22-15(2)17-9-4-3-5-10-17/h3-11,13,15H,12H2,1-2H3,(H2,20,22,23,24). The summed E-state index contributed by atoms with van der Waals surface area (Å²) in [5.41, 5.74) is 3.63. The van der Waals surface area contributed by atoms with Crippen LogP contribution in [0.5, 0.6) is 0 Å². The SMILES string of the molecule is Cc1cccc(CNc2cnnc(NC(C)c3ccccc3)n2)c1. The van der Waals surface area contributed by atoms with Crippen molar-refractivity contribution in [1.82, 2.24) is 15.2 Å². The van der Waals surface area contributed by atoms with E-state index < -0.39 is 0 Å². The van der Waals surface area contributed by atoms with Crippen LogP contribution in [0.4, 0.5) is 11.8 Å². The second kappa shape index (κ2) is 7.55. The van der Waals surface area contributed by atoms with Gasteiger partial charge in [0.25, 0.3) is 0 Å². The zero-order valence-corrected chi connectivity index (χ0v) is 13.9. The highest BCUT2D eigenvalue weighted by Crippen LogP contribution is 2.16. The molecule has 2 N–H and O–H groups in total. The lowest BCUT2D eigenvalue weighted by atomic mass is 10.1. The van der Waals surface area contributed by atoms with Gasteiger partial charge in [-0.3, -0.25) is 0 Å². The molecule has 0 spiro atoms. The summed E-state index contributed by atoms with van der Waals surface area (Å²) >= 11 is 0. The lowest BCUT2D eigenvalue weighted by Gasteiger charge is -2.14. The van der Waals surface area contributed by atoms with Crippen LogP contribution < -0.4 is 10.6 Å². The molecule has 24 heavy (non-hydrogen) atoms. The molecule has 3 rings (SSSR count). The normalized spacial score (nSPS) is 11.8. The summed E-state index contributed by atoms with van der Waals surface area (Å²) in [6, 6.07) is 18.7. The first-order valence-corrected chi connectivity index (χ1v) is 8.01. The predicted octanol–water partition coefficient (Wildman–Crippen LogP) is 3.97. The van der Waals surface area contributed by atoms with E-state index >= 15 is 0 Å². The van der Waals surface area contributed by atoms with Crippen molar-refractivity contribution in [2.75, 3.05) is 10.6 Å². The van der Waals surface area contributed by atoms with Gasteiger partial charge in [-0.15, -0.1) is 5.10 Å². The fraction of sp³-hybridized carbons (Fsp3) is 0.211. The molecule has 3 aromatic rings. The van der Waals surface area contributed by atoms with Crippen molar-refractivity contribution < 1.29 is 0 Å². The van der Waals surface area contributed by atoms with Gasteiger partial charge >= 0.3 is 0 Å². The Morgan fingerprint density at radius 1 is 1.04 bits per heavy atom. The van der Waals surface area contributed by atoms with E-state index in [1.165, 1.54) is 16.7 Å². The molecule has 0 saturated heterocycles. The molecule has 0 bridgehead atoms. The minimum Gasteiger partial charge on any atom is -0.365 e. The fourth-order valence-electron chi connectivity index (χ4n) is 2.48. The molecule has 1 heterocycles. The summed E-state index contributed by atoms with van der Waals surface area (Å²) < 4.78 is 0. The third-order valence-electron chi connectivity index (χ3n) is 3.76. The predicted molar refractivity (Wildman–Crippen MR) is 96.8 cm³/mol. The van der Waals surface area contributed by atoms with Crippen molar-refractivity contribution in [2.45, 2.75) is 26.4 Å². The first-order valence-electron chi connectivity index (χ1n) is 8.01. The second-order valence-electron chi connectivity index (χ2n) is 5.78. The van der Waals surface area contributed by atoms with Crippen molar-refractivity contribution in [3.05, 3.63) is 77.5 Å². The number of hydrogen-bond donors (Lipinski definition) is 2. The summed E-state index contributed by atoms with van der Waals surface area (Å²) in [4.78, 5) is 4.48. The number of hydrogen-bond acceptors (Lipinski definition) is 5. The van der Waals surface area contributed by atoms with Crippen LogP contribution in [0, 0.1) is 6.92 Å². The minimum atomic E-state index is 0.111. The van der Waals surface area contributed by atoms with Crippen molar-refractivity contribution in [3.63, 3.8) is 0 Å². The smallest absolute Gasteiger partial charge is 0.245 e. The van der Waals surface area contributed by atoms with Crippen LogP contribution in [0.2, 0.25) is 0 Å². The molecule has 1 atom stereocenters. The van der Waals surface area contributed by atoms with Crippen molar-refractivity contribution in [3.8, 4) is 0 Å². The fourth-order valence-corrected chi connectivity index (χ4v) is 2.48. The van der Waals surface area contributed by atoms with Gasteiger partial charge in [0.05, 0.1) is 12.2 Å². The third-order valence-corrected chi connectivity index (χ3v) is 3.76. The van der Waals surface area contributed by atoms with Gasteiger partial charge in [0.15, 0.2) is 5.82 Å². The van der Waals surface area contributed by atoms with Crippen molar-refractivity contribution in [2.24, 2.45) is 0 Å². The lowest BCUT2D eigenvalue weighted by molar-refractivity contribution is 0.839. The Labute approximate surface area is 142 Å². The average molecular weight is 319 g/mol. The van der Waals surface area contributed by atoms with E-state index in [-0.39, 0.29) is 6.04 Å². The molecule has 0 aliphatic heterocycles. The molecule has 0 radical (unpaired) electrons. The van der Waals surface area contributed by atoms with Crippen LogP contribution in [0.3, 0.4) is 0 Å². The maximum atomic E-state index is 4.48. The van der Waals surface area contributed by atoms with Crippen LogP contribution in [0.1, 0.15) is 29.7 Å². The summed E-state index contributed by atoms with van der Waals surface area (Å²) in [6.45, 7) is 4.86. The van der Waals surface area contributed by atoms with E-state index in [9.17, 15) is 0 Å². The van der Waals surface area contributed by atoms with Crippen LogP contribution in [-0.2, 0) is 6.54 Å². The van der Waals surface area contributed by atoms with Gasteiger partial charge in [0, 0.05) is 6.54 Å². The minimum absolute atomic E-state index is 0.111. The molecular formula is C19H21N5. The highest BCUT2D eigenvalue weighted by atomic mass is 15.3. The van der Waals surface area contributed by atoms with Gasteiger partial charge in [-0.05, 0) is 25.0 Å². The van der Waals surface area contributed by atoms with E-state index in [1.807, 2.05) is 18.2 Å². The van der Waals surface area contributed by atoms with Crippen molar-refractivity contribution >= 4 is 11.8 Å². The Bertz CT molecular complexity index is 789. The van der Waals surface area contributed by atoms with Gasteiger partial charge in [0.2, 0.25) is 5.95 Å². The Morgan fingerprint density at radius 2 is 1.88 bits per heavy atom. The maximum absolute atomic E-state index is 4.48. The number of nitrogens with zero attached hydrogens (tertiary/aromatic N) is 3. The van der Waals surface area contributed by atoms with Crippen LogP contribution in [-0.4, -0.2) is 15.2 Å². The highest BCUT2D eigenvalue weighted by Gasteiger charge is 2.07. The average Bonchev–Trinajstić information content (AvgIpc) is 2.61. The summed E-state index contributed by atoms with van der Waals surface area (Å²) in [7, 11) is 0. The van der Waals surface area contributed by atoms with E-state index in [2.05, 4.69) is 76.1 Å². The third kappa shape index (κ3) is 4.29. The Balaban J connectivity index is 1.63. The monoisotopic (exact) mass is 319 g/mol. The summed E-state index contributed by atoms with van der Waals surface area (Å²) in [5, 5.41) is 14.7. The molecule has 0 aliphatic carbocycles.